The minimum absolute atomic E-state index is 0.0163. The van der Waals surface area contributed by atoms with E-state index in [1.54, 1.807) is 0 Å². The van der Waals surface area contributed by atoms with Gasteiger partial charge in [-0.1, -0.05) is 32.6 Å². The maximum absolute atomic E-state index is 11.3. The summed E-state index contributed by atoms with van der Waals surface area (Å²) in [5, 5.41) is 0. The van der Waals surface area contributed by atoms with Crippen molar-refractivity contribution in [2.45, 2.75) is 51.6 Å². The molecule has 1 N–H and O–H groups in total. The molecule has 0 aromatic heterocycles. The summed E-state index contributed by atoms with van der Waals surface area (Å²) in [7, 11) is -3.88. The highest BCUT2D eigenvalue weighted by Crippen LogP contribution is 2.49. The molecule has 0 aromatic rings. The van der Waals surface area contributed by atoms with E-state index in [2.05, 4.69) is 16.0 Å². The van der Waals surface area contributed by atoms with Crippen LogP contribution in [0.3, 0.4) is 0 Å². The van der Waals surface area contributed by atoms with Crippen molar-refractivity contribution < 1.29 is 28.0 Å². The number of carbonyl (C=O) groups is 1. The molecule has 106 valence electrons. The molecule has 1 fully saturated rings. The predicted molar refractivity (Wildman–Crippen MR) is 65.0 cm³/mol. The van der Waals surface area contributed by atoms with Crippen molar-refractivity contribution in [2.24, 2.45) is 0 Å². The maximum Gasteiger partial charge on any atom is 0.472 e. The van der Waals surface area contributed by atoms with Crippen LogP contribution in [0.4, 0.5) is 0 Å². The van der Waals surface area contributed by atoms with Gasteiger partial charge in [-0.05, 0) is 6.42 Å². The van der Waals surface area contributed by atoms with Crippen LogP contribution in [0.25, 0.3) is 0 Å². The number of esters is 1. The third kappa shape index (κ3) is 6.50. The Kier molecular flexibility index (Phi) is 6.86. The molecule has 1 saturated heterocycles. The minimum atomic E-state index is -3.88. The summed E-state index contributed by atoms with van der Waals surface area (Å²) in [4.78, 5) is 20.3. The lowest BCUT2D eigenvalue weighted by molar-refractivity contribution is -0.146. The van der Waals surface area contributed by atoms with Crippen LogP contribution >= 0.6 is 7.82 Å². The lowest BCUT2D eigenvalue weighted by atomic mass is 10.1. The molecule has 1 aliphatic rings. The summed E-state index contributed by atoms with van der Waals surface area (Å²) in [5.41, 5.74) is 0. The molecule has 1 heterocycles. The van der Waals surface area contributed by atoms with Crippen molar-refractivity contribution in [2.75, 3.05) is 13.2 Å². The average Bonchev–Trinajstić information content (AvgIpc) is 2.66. The minimum Gasteiger partial charge on any atom is -0.463 e. The Bertz CT molecular complexity index is 306. The van der Waals surface area contributed by atoms with Crippen LogP contribution in [0, 0.1) is 0 Å². The lowest BCUT2D eigenvalue weighted by Crippen LogP contribution is -2.20. The first-order valence-corrected chi connectivity index (χ1v) is 7.84. The number of rotatable bonds is 8. The van der Waals surface area contributed by atoms with Gasteiger partial charge in [-0.3, -0.25) is 13.8 Å². The predicted octanol–water partition coefficient (Wildman–Crippen LogP) is 2.41. The second-order valence-electron chi connectivity index (χ2n) is 4.34. The third-order valence-corrected chi connectivity index (χ3v) is 3.66. The van der Waals surface area contributed by atoms with Crippen LogP contribution in [0.2, 0.25) is 0 Å². The van der Waals surface area contributed by atoms with E-state index >= 15 is 0 Å². The molecule has 0 saturated carbocycles. The van der Waals surface area contributed by atoms with E-state index in [-0.39, 0.29) is 19.2 Å². The van der Waals surface area contributed by atoms with Crippen molar-refractivity contribution in [3.63, 3.8) is 0 Å². The van der Waals surface area contributed by atoms with E-state index in [0.29, 0.717) is 6.42 Å². The molecular weight excluding hydrogens is 259 g/mol. The molecule has 0 radical (unpaired) electrons. The van der Waals surface area contributed by atoms with Crippen molar-refractivity contribution in [3.05, 3.63) is 0 Å². The zero-order valence-corrected chi connectivity index (χ0v) is 11.6. The highest BCUT2D eigenvalue weighted by atomic mass is 31.2. The van der Waals surface area contributed by atoms with Gasteiger partial charge in [-0.2, -0.15) is 0 Å². The fraction of sp³-hybridized carbons (Fsp3) is 0.909. The number of carbonyl (C=O) groups excluding carboxylic acids is 1. The van der Waals surface area contributed by atoms with Gasteiger partial charge in [0.25, 0.3) is 0 Å². The molecule has 0 bridgehead atoms. The van der Waals surface area contributed by atoms with Crippen LogP contribution in [0.1, 0.15) is 45.4 Å². The van der Waals surface area contributed by atoms with Gasteiger partial charge >= 0.3 is 13.8 Å². The summed E-state index contributed by atoms with van der Waals surface area (Å²) in [6, 6.07) is 0. The van der Waals surface area contributed by atoms with Crippen molar-refractivity contribution in [1.82, 2.24) is 0 Å². The van der Waals surface area contributed by atoms with Crippen LogP contribution in [-0.2, 0) is 23.1 Å². The lowest BCUT2D eigenvalue weighted by Gasteiger charge is -2.08. The fourth-order valence-electron chi connectivity index (χ4n) is 1.64. The fourth-order valence-corrected chi connectivity index (χ4v) is 2.55. The first kappa shape index (κ1) is 15.6. The number of hydrogen-bond donors (Lipinski definition) is 1. The van der Waals surface area contributed by atoms with Gasteiger partial charge in [0.2, 0.25) is 0 Å². The van der Waals surface area contributed by atoms with E-state index < -0.39 is 13.9 Å². The molecule has 6 nitrogen and oxygen atoms in total. The highest BCUT2D eigenvalue weighted by Gasteiger charge is 2.35. The maximum atomic E-state index is 11.3. The molecule has 0 spiro atoms. The van der Waals surface area contributed by atoms with Crippen LogP contribution in [-0.4, -0.2) is 30.2 Å². The molecule has 0 aromatic carbocycles. The first-order chi connectivity index (χ1) is 8.53. The summed E-state index contributed by atoms with van der Waals surface area (Å²) in [5.74, 6) is -0.297. The zero-order valence-electron chi connectivity index (χ0n) is 10.7. The summed E-state index contributed by atoms with van der Waals surface area (Å²) in [6.45, 7) is 2.09. The van der Waals surface area contributed by atoms with Crippen molar-refractivity contribution in [3.8, 4) is 0 Å². The molecular formula is C11H21O6P. The Morgan fingerprint density at radius 2 is 2.11 bits per heavy atom. The summed E-state index contributed by atoms with van der Waals surface area (Å²) < 4.78 is 25.0. The second-order valence-corrected chi connectivity index (χ2v) is 5.75. The topological polar surface area (TPSA) is 82.1 Å². The summed E-state index contributed by atoms with van der Waals surface area (Å²) >= 11 is 0. The zero-order chi connectivity index (χ0) is 13.4. The highest BCUT2D eigenvalue weighted by molar-refractivity contribution is 7.47. The Balaban J connectivity index is 2.02. The SMILES string of the molecule is CCCCCCCC(=O)OC[C@@H]1COP(=O)(O)O1. The van der Waals surface area contributed by atoms with Gasteiger partial charge in [0.05, 0.1) is 6.61 Å². The smallest absolute Gasteiger partial charge is 0.463 e. The largest absolute Gasteiger partial charge is 0.472 e. The number of ether oxygens (including phenoxy) is 1. The number of hydrogen-bond acceptors (Lipinski definition) is 5. The first-order valence-electron chi connectivity index (χ1n) is 6.35. The van der Waals surface area contributed by atoms with Gasteiger partial charge in [0.1, 0.15) is 12.7 Å². The van der Waals surface area contributed by atoms with Crippen LogP contribution in [0.15, 0.2) is 0 Å². The van der Waals surface area contributed by atoms with Gasteiger partial charge in [0.15, 0.2) is 0 Å². The second kappa shape index (κ2) is 7.89. The third-order valence-electron chi connectivity index (χ3n) is 2.62. The van der Waals surface area contributed by atoms with E-state index in [4.69, 9.17) is 9.63 Å². The molecule has 0 amide bonds. The summed E-state index contributed by atoms with van der Waals surface area (Å²) in [6.07, 6.45) is 5.09. The Morgan fingerprint density at radius 1 is 1.39 bits per heavy atom. The molecule has 7 heteroatoms. The van der Waals surface area contributed by atoms with E-state index in [0.717, 1.165) is 19.3 Å². The Morgan fingerprint density at radius 3 is 2.72 bits per heavy atom. The standard InChI is InChI=1S/C11H21O6P/c1-2-3-4-5-6-7-11(12)15-8-10-9-16-18(13,14)17-10/h10H,2-9H2,1H3,(H,13,14)/t10-/m1/s1. The quantitative estimate of drug-likeness (QED) is 0.417. The van der Waals surface area contributed by atoms with Crippen molar-refractivity contribution in [1.29, 1.82) is 0 Å². The normalized spacial score (nSPS) is 27.3. The average molecular weight is 280 g/mol. The van der Waals surface area contributed by atoms with Crippen LogP contribution in [0.5, 0.6) is 0 Å². The van der Waals surface area contributed by atoms with Gasteiger partial charge in [0, 0.05) is 6.42 Å². The van der Waals surface area contributed by atoms with E-state index in [1.807, 2.05) is 0 Å². The van der Waals surface area contributed by atoms with Gasteiger partial charge in [-0.15, -0.1) is 0 Å². The van der Waals surface area contributed by atoms with E-state index in [9.17, 15) is 9.36 Å². The molecule has 0 aliphatic carbocycles. The van der Waals surface area contributed by atoms with Gasteiger partial charge < -0.3 is 9.63 Å². The van der Waals surface area contributed by atoms with Gasteiger partial charge in [-0.25, -0.2) is 4.57 Å². The molecule has 18 heavy (non-hydrogen) atoms. The Labute approximate surface area is 107 Å². The van der Waals surface area contributed by atoms with Crippen LogP contribution < -0.4 is 0 Å². The molecule has 1 unspecified atom stereocenters. The van der Waals surface area contributed by atoms with E-state index in [1.165, 1.54) is 12.8 Å². The number of phosphoric ester groups is 1. The number of unbranched alkanes of at least 4 members (excludes halogenated alkanes) is 4. The van der Waals surface area contributed by atoms with Crippen molar-refractivity contribution >= 4 is 13.8 Å². The Hall–Kier alpha value is -0.420. The molecule has 2 atom stereocenters. The number of phosphoric acid groups is 1. The molecule has 1 rings (SSSR count). The monoisotopic (exact) mass is 280 g/mol. The molecule has 1 aliphatic heterocycles.